The Labute approximate surface area is 216 Å². The maximum absolute atomic E-state index is 13.5. The van der Waals surface area contributed by atoms with Gasteiger partial charge in [0, 0.05) is 52.9 Å². The maximum Gasteiger partial charge on any atom is 0.332 e. The van der Waals surface area contributed by atoms with E-state index in [1.807, 2.05) is 6.07 Å². The molecule has 1 saturated heterocycles. The van der Waals surface area contributed by atoms with Crippen molar-refractivity contribution in [3.8, 4) is 0 Å². The third-order valence-electron chi connectivity index (χ3n) is 6.72. The van der Waals surface area contributed by atoms with Crippen LogP contribution in [0.3, 0.4) is 0 Å². The van der Waals surface area contributed by atoms with Crippen LogP contribution < -0.4 is 21.5 Å². The molecule has 0 saturated carbocycles. The molecule has 1 unspecified atom stereocenters. The van der Waals surface area contributed by atoms with Gasteiger partial charge in [-0.2, -0.15) is 0 Å². The third kappa shape index (κ3) is 5.15. The lowest BCUT2D eigenvalue weighted by Gasteiger charge is -2.36. The lowest BCUT2D eigenvalue weighted by Crippen LogP contribution is -2.46. The van der Waals surface area contributed by atoms with Gasteiger partial charge in [-0.25, -0.2) is 23.5 Å². The Kier molecular flexibility index (Phi) is 6.95. The molecule has 38 heavy (non-hydrogen) atoms. The topological polar surface area (TPSA) is 113 Å². The van der Waals surface area contributed by atoms with Crippen LogP contribution in [0.1, 0.15) is 5.56 Å². The molecule has 1 atom stereocenters. The Morgan fingerprint density at radius 1 is 1.00 bits per heavy atom. The van der Waals surface area contributed by atoms with E-state index in [9.17, 15) is 23.5 Å². The smallest absolute Gasteiger partial charge is 0.332 e. The van der Waals surface area contributed by atoms with E-state index in [1.165, 1.54) is 41.7 Å². The molecule has 1 aliphatic rings. The molecule has 0 amide bonds. The summed E-state index contributed by atoms with van der Waals surface area (Å²) in [4.78, 5) is 37.6. The van der Waals surface area contributed by atoms with E-state index in [0.29, 0.717) is 17.9 Å². The molecule has 2 N–H and O–H groups in total. The second-order valence-electron chi connectivity index (χ2n) is 9.38. The molecule has 4 heterocycles. The number of piperazine rings is 1. The minimum Gasteiger partial charge on any atom is -0.372 e. The van der Waals surface area contributed by atoms with E-state index < -0.39 is 29.1 Å². The quantitative estimate of drug-likeness (QED) is 0.341. The van der Waals surface area contributed by atoms with Gasteiger partial charge in [0.05, 0.1) is 24.8 Å². The Hall–Kier alpha value is -4.10. The number of nitrogens with one attached hydrogen (secondary N) is 1. The fourth-order valence-electron chi connectivity index (χ4n) is 4.72. The van der Waals surface area contributed by atoms with Crippen molar-refractivity contribution in [2.24, 2.45) is 14.1 Å². The van der Waals surface area contributed by atoms with Crippen molar-refractivity contribution in [2.45, 2.75) is 19.3 Å². The van der Waals surface area contributed by atoms with Gasteiger partial charge in [-0.1, -0.05) is 0 Å². The highest BCUT2D eigenvalue weighted by molar-refractivity contribution is 5.70. The van der Waals surface area contributed by atoms with Gasteiger partial charge >= 0.3 is 5.69 Å². The third-order valence-corrected chi connectivity index (χ3v) is 6.72. The number of aliphatic hydroxyl groups is 1. The standard InChI is InChI=1S/C25H28F2N8O3/c1-31-23-22(24(37)32(2)25(31)38)35(15-29-23)14-21(36)30-20-4-3-19(12-28-20)34-7-5-33(6-8-34)13-16-9-17(26)11-18(27)10-16/h3-4,9-12,15,21,36H,5-8,13-14H2,1-2H3,(H,28,30). The summed E-state index contributed by atoms with van der Waals surface area (Å²) >= 11 is 0. The summed E-state index contributed by atoms with van der Waals surface area (Å²) in [5.74, 6) is -0.686. The van der Waals surface area contributed by atoms with Crippen LogP contribution in [0.5, 0.6) is 0 Å². The summed E-state index contributed by atoms with van der Waals surface area (Å²) in [7, 11) is 2.93. The van der Waals surface area contributed by atoms with E-state index in [1.54, 1.807) is 12.3 Å². The molecule has 11 nitrogen and oxygen atoms in total. The van der Waals surface area contributed by atoms with Crippen LogP contribution in [0.15, 0.2) is 52.4 Å². The first-order valence-corrected chi connectivity index (χ1v) is 12.1. The first kappa shape index (κ1) is 25.5. The van der Waals surface area contributed by atoms with E-state index in [0.717, 1.165) is 42.5 Å². The molecule has 1 aliphatic heterocycles. The minimum atomic E-state index is -1.07. The number of rotatable bonds is 7. The Morgan fingerprint density at radius 3 is 2.37 bits per heavy atom. The van der Waals surface area contributed by atoms with E-state index >= 15 is 0 Å². The molecule has 0 aliphatic carbocycles. The molecule has 13 heteroatoms. The largest absolute Gasteiger partial charge is 0.372 e. The number of halogens is 2. The molecule has 200 valence electrons. The number of benzene rings is 1. The lowest BCUT2D eigenvalue weighted by atomic mass is 10.2. The molecule has 1 aromatic carbocycles. The number of aromatic nitrogens is 5. The van der Waals surface area contributed by atoms with Crippen molar-refractivity contribution in [1.29, 1.82) is 0 Å². The SMILES string of the molecule is Cn1c(=O)c2c(ncn2CC(O)Nc2ccc(N3CCN(Cc4cc(F)cc(F)c4)CC3)cn2)n(C)c1=O. The zero-order chi connectivity index (χ0) is 27.0. The van der Waals surface area contributed by atoms with Crippen LogP contribution in [0.25, 0.3) is 11.2 Å². The summed E-state index contributed by atoms with van der Waals surface area (Å²) in [6.45, 7) is 3.45. The van der Waals surface area contributed by atoms with Crippen molar-refractivity contribution in [3.05, 3.63) is 80.9 Å². The number of pyridine rings is 1. The summed E-state index contributed by atoms with van der Waals surface area (Å²) < 4.78 is 30.7. The number of imidazole rings is 1. The van der Waals surface area contributed by atoms with Gasteiger partial charge in [-0.15, -0.1) is 0 Å². The van der Waals surface area contributed by atoms with E-state index in [2.05, 4.69) is 25.1 Å². The predicted octanol–water partition coefficient (Wildman–Crippen LogP) is 0.860. The molecular formula is C25H28F2N8O3. The Balaban J connectivity index is 1.18. The van der Waals surface area contributed by atoms with Gasteiger partial charge in [0.25, 0.3) is 5.56 Å². The minimum absolute atomic E-state index is 0.0184. The number of nitrogens with zero attached hydrogens (tertiary/aromatic N) is 7. The van der Waals surface area contributed by atoms with Crippen molar-refractivity contribution in [2.75, 3.05) is 36.4 Å². The average Bonchev–Trinajstić information content (AvgIpc) is 3.30. The Bertz CT molecular complexity index is 1550. The van der Waals surface area contributed by atoms with Gasteiger partial charge in [0.1, 0.15) is 23.7 Å². The number of anilines is 2. The van der Waals surface area contributed by atoms with Gasteiger partial charge in [0.2, 0.25) is 0 Å². The number of aryl methyl sites for hydroxylation is 1. The van der Waals surface area contributed by atoms with Crippen LogP contribution in [0, 0.1) is 11.6 Å². The molecule has 5 rings (SSSR count). The molecule has 1 fully saturated rings. The highest BCUT2D eigenvalue weighted by Gasteiger charge is 2.19. The second-order valence-corrected chi connectivity index (χ2v) is 9.38. The summed E-state index contributed by atoms with van der Waals surface area (Å²) in [5, 5.41) is 13.5. The van der Waals surface area contributed by atoms with Crippen molar-refractivity contribution in [3.63, 3.8) is 0 Å². The molecule has 4 aromatic rings. The van der Waals surface area contributed by atoms with Gasteiger partial charge < -0.3 is 19.9 Å². The second kappa shape index (κ2) is 10.3. The highest BCUT2D eigenvalue weighted by Crippen LogP contribution is 2.19. The number of hydrogen-bond donors (Lipinski definition) is 2. The van der Waals surface area contributed by atoms with Crippen LogP contribution in [0.2, 0.25) is 0 Å². The summed E-state index contributed by atoms with van der Waals surface area (Å²) in [6, 6.07) is 7.25. The van der Waals surface area contributed by atoms with Gasteiger partial charge in [-0.05, 0) is 29.8 Å². The van der Waals surface area contributed by atoms with Crippen LogP contribution in [-0.4, -0.2) is 66.1 Å². The average molecular weight is 527 g/mol. The molecular weight excluding hydrogens is 498 g/mol. The Morgan fingerprint density at radius 2 is 1.71 bits per heavy atom. The fourth-order valence-corrected chi connectivity index (χ4v) is 4.72. The molecule has 0 spiro atoms. The van der Waals surface area contributed by atoms with Crippen molar-refractivity contribution >= 4 is 22.7 Å². The number of fused-ring (bicyclic) bond motifs is 1. The van der Waals surface area contributed by atoms with Gasteiger partial charge in [0.15, 0.2) is 11.2 Å². The van der Waals surface area contributed by atoms with E-state index in [-0.39, 0.29) is 17.7 Å². The maximum atomic E-state index is 13.5. The first-order valence-electron chi connectivity index (χ1n) is 12.1. The normalized spacial score (nSPS) is 15.2. The molecule has 0 radical (unpaired) electrons. The van der Waals surface area contributed by atoms with Crippen molar-refractivity contribution in [1.82, 2.24) is 28.6 Å². The summed E-state index contributed by atoms with van der Waals surface area (Å²) in [5.41, 5.74) is 1.04. The monoisotopic (exact) mass is 526 g/mol. The zero-order valence-corrected chi connectivity index (χ0v) is 21.0. The lowest BCUT2D eigenvalue weighted by molar-refractivity contribution is 0.183. The molecule has 0 bridgehead atoms. The summed E-state index contributed by atoms with van der Waals surface area (Å²) in [6.07, 6.45) is 2.06. The number of aliphatic hydroxyl groups excluding tert-OH is 1. The highest BCUT2D eigenvalue weighted by atomic mass is 19.1. The van der Waals surface area contributed by atoms with Crippen LogP contribution in [0.4, 0.5) is 20.3 Å². The van der Waals surface area contributed by atoms with E-state index in [4.69, 9.17) is 0 Å². The van der Waals surface area contributed by atoms with Crippen molar-refractivity contribution < 1.29 is 13.9 Å². The predicted molar refractivity (Wildman–Crippen MR) is 138 cm³/mol. The van der Waals surface area contributed by atoms with Gasteiger partial charge in [-0.3, -0.25) is 18.8 Å². The molecule has 3 aromatic heterocycles. The number of hydrogen-bond acceptors (Lipinski definition) is 8. The van der Waals surface area contributed by atoms with Crippen LogP contribution in [-0.2, 0) is 27.2 Å². The zero-order valence-electron chi connectivity index (χ0n) is 21.0. The van der Waals surface area contributed by atoms with Crippen LogP contribution >= 0.6 is 0 Å². The fraction of sp³-hybridized carbons (Fsp3) is 0.360. The first-order chi connectivity index (χ1) is 18.2.